The number of ether oxygens (including phenoxy) is 1. The molecule has 1 unspecified atom stereocenters. The highest BCUT2D eigenvalue weighted by Gasteiger charge is 2.34. The number of hydrogen-bond donors (Lipinski definition) is 1. The normalized spacial score (nSPS) is 15.3. The largest absolute Gasteiger partial charge is 0.478 e. The molecular weight excluding hydrogens is 540 g/mol. The minimum absolute atomic E-state index is 0.173. The Bertz CT molecular complexity index is 1810. The van der Waals surface area contributed by atoms with Gasteiger partial charge in [0.05, 0.1) is 27.5 Å². The number of carboxylic acid groups (broad SMARTS) is 1. The Morgan fingerprint density at radius 1 is 1.13 bits per heavy atom. The fraction of sp³-hybridized carbons (Fsp3) is 0.172. The maximum atomic E-state index is 13.8. The molecule has 1 N–H and O–H groups in total. The number of fused-ring (bicyclic) bond motifs is 1. The van der Waals surface area contributed by atoms with Gasteiger partial charge in [-0.1, -0.05) is 53.3 Å². The van der Waals surface area contributed by atoms with Gasteiger partial charge in [-0.05, 0) is 56.7 Å². The summed E-state index contributed by atoms with van der Waals surface area (Å²) in [6, 6.07) is 16.0. The molecule has 10 heteroatoms. The Kier molecular flexibility index (Phi) is 7.12. The molecule has 0 saturated carbocycles. The molecule has 0 fully saturated rings. The summed E-state index contributed by atoms with van der Waals surface area (Å²) in [7, 11) is 0. The molecule has 1 aliphatic heterocycles. The third-order valence-corrected chi connectivity index (χ3v) is 7.43. The Morgan fingerprint density at radius 2 is 1.85 bits per heavy atom. The summed E-state index contributed by atoms with van der Waals surface area (Å²) in [6.07, 6.45) is 1.26. The first-order valence-electron chi connectivity index (χ1n) is 12.1. The Hall–Kier alpha value is -4.21. The number of rotatable bonds is 6. The van der Waals surface area contributed by atoms with E-state index in [2.05, 4.69) is 4.99 Å². The van der Waals surface area contributed by atoms with Gasteiger partial charge in [-0.25, -0.2) is 14.6 Å². The van der Waals surface area contributed by atoms with Crippen molar-refractivity contribution in [1.82, 2.24) is 4.57 Å². The van der Waals surface area contributed by atoms with Crippen molar-refractivity contribution in [3.05, 3.63) is 114 Å². The van der Waals surface area contributed by atoms with Crippen LogP contribution in [0.2, 0.25) is 5.02 Å². The Balaban J connectivity index is 1.61. The number of halogens is 1. The maximum Gasteiger partial charge on any atom is 0.338 e. The molecule has 3 heterocycles. The monoisotopic (exact) mass is 562 g/mol. The van der Waals surface area contributed by atoms with Crippen molar-refractivity contribution < 1.29 is 23.8 Å². The minimum Gasteiger partial charge on any atom is -0.478 e. The zero-order valence-electron chi connectivity index (χ0n) is 21.2. The number of aromatic nitrogens is 1. The second kappa shape index (κ2) is 10.5. The number of allylic oxidation sites excluding steroid dienone is 1. The first-order valence-corrected chi connectivity index (χ1v) is 13.2. The summed E-state index contributed by atoms with van der Waals surface area (Å²) < 4.78 is 13.3. The molecule has 0 spiro atoms. The maximum absolute atomic E-state index is 13.8. The number of esters is 1. The predicted octanol–water partition coefficient (Wildman–Crippen LogP) is 4.80. The number of thiazole rings is 1. The van der Waals surface area contributed by atoms with E-state index in [4.69, 9.17) is 25.9 Å². The lowest BCUT2D eigenvalue weighted by molar-refractivity contribution is -0.143. The molecule has 0 radical (unpaired) electrons. The van der Waals surface area contributed by atoms with Crippen LogP contribution in [0.25, 0.3) is 17.4 Å². The quantitative estimate of drug-likeness (QED) is 0.338. The zero-order valence-corrected chi connectivity index (χ0v) is 22.7. The van der Waals surface area contributed by atoms with Crippen molar-refractivity contribution in [2.24, 2.45) is 4.99 Å². The van der Waals surface area contributed by atoms with Crippen LogP contribution in [-0.2, 0) is 9.53 Å². The van der Waals surface area contributed by atoms with Crippen LogP contribution in [0.4, 0.5) is 0 Å². The average Bonchev–Trinajstić information content (AvgIpc) is 3.47. The van der Waals surface area contributed by atoms with Gasteiger partial charge in [0.25, 0.3) is 5.56 Å². The van der Waals surface area contributed by atoms with Crippen molar-refractivity contribution in [3.8, 4) is 11.3 Å². The van der Waals surface area contributed by atoms with E-state index in [1.54, 1.807) is 75.4 Å². The number of carbonyl (C=O) groups is 2. The highest BCUT2D eigenvalue weighted by Crippen LogP contribution is 2.34. The summed E-state index contributed by atoms with van der Waals surface area (Å²) in [5.74, 6) is -0.616. The number of furan rings is 1. The molecule has 5 rings (SSSR count). The first kappa shape index (κ1) is 26.4. The summed E-state index contributed by atoms with van der Waals surface area (Å²) in [5, 5.41) is 9.52. The third kappa shape index (κ3) is 5.10. The van der Waals surface area contributed by atoms with Crippen molar-refractivity contribution in [1.29, 1.82) is 0 Å². The van der Waals surface area contributed by atoms with E-state index in [-0.39, 0.29) is 22.8 Å². The van der Waals surface area contributed by atoms with Crippen molar-refractivity contribution in [3.63, 3.8) is 0 Å². The Morgan fingerprint density at radius 3 is 2.51 bits per heavy atom. The summed E-state index contributed by atoms with van der Waals surface area (Å²) in [6.45, 7) is 5.23. The van der Waals surface area contributed by atoms with Crippen molar-refractivity contribution >= 4 is 41.0 Å². The van der Waals surface area contributed by atoms with Crippen LogP contribution >= 0.6 is 22.9 Å². The molecular formula is C29H23ClN2O6S. The molecule has 2 aromatic heterocycles. The number of benzene rings is 2. The fourth-order valence-corrected chi connectivity index (χ4v) is 5.61. The summed E-state index contributed by atoms with van der Waals surface area (Å²) in [5.41, 5.74) is 1.80. The van der Waals surface area contributed by atoms with Gasteiger partial charge >= 0.3 is 11.9 Å². The first-order chi connectivity index (χ1) is 18.6. The standard InChI is InChI=1S/C29H23ClN2O6S/c1-15(2)37-28(36)24-16(3)31-29-32(25(24)20-6-4-5-7-21(20)30)26(33)23(39-29)14-19-12-13-22(38-19)17-8-10-18(11-9-17)27(34)35/h4-15,25H,1-3H3,(H,34,35). The van der Waals surface area contributed by atoms with Crippen LogP contribution in [0.15, 0.2) is 86.1 Å². The van der Waals surface area contributed by atoms with Gasteiger partial charge in [0.1, 0.15) is 17.6 Å². The number of carbonyl (C=O) groups excluding carboxylic acids is 1. The van der Waals surface area contributed by atoms with E-state index in [1.807, 2.05) is 0 Å². The van der Waals surface area contributed by atoms with E-state index < -0.39 is 18.0 Å². The minimum atomic E-state index is -1.01. The van der Waals surface area contributed by atoms with Crippen LogP contribution in [0, 0.1) is 0 Å². The van der Waals surface area contributed by atoms with Gasteiger partial charge in [0, 0.05) is 16.7 Å². The number of aromatic carboxylic acids is 1. The molecule has 2 aromatic carbocycles. The molecule has 0 bridgehead atoms. The number of nitrogens with zero attached hydrogens (tertiary/aromatic N) is 2. The van der Waals surface area contributed by atoms with Gasteiger partial charge < -0.3 is 14.3 Å². The second-order valence-corrected chi connectivity index (χ2v) is 10.6. The summed E-state index contributed by atoms with van der Waals surface area (Å²) in [4.78, 5) is 43.1. The molecule has 39 heavy (non-hydrogen) atoms. The molecule has 1 aliphatic rings. The highest BCUT2D eigenvalue weighted by atomic mass is 35.5. The van der Waals surface area contributed by atoms with E-state index in [9.17, 15) is 14.4 Å². The van der Waals surface area contributed by atoms with Crippen molar-refractivity contribution in [2.45, 2.75) is 32.9 Å². The molecule has 0 amide bonds. The fourth-order valence-electron chi connectivity index (χ4n) is 4.34. The molecule has 198 valence electrons. The Labute approximate surface area is 231 Å². The molecule has 0 saturated heterocycles. The summed E-state index contributed by atoms with van der Waals surface area (Å²) >= 11 is 7.73. The van der Waals surface area contributed by atoms with E-state index in [0.29, 0.717) is 42.7 Å². The second-order valence-electron chi connectivity index (χ2n) is 9.14. The number of carboxylic acids is 1. The topological polar surface area (TPSA) is 111 Å². The highest BCUT2D eigenvalue weighted by molar-refractivity contribution is 7.07. The third-order valence-electron chi connectivity index (χ3n) is 6.10. The lowest BCUT2D eigenvalue weighted by Gasteiger charge is -2.26. The lowest BCUT2D eigenvalue weighted by atomic mass is 9.96. The SMILES string of the molecule is CC1=C(C(=O)OC(C)C)C(c2ccccc2Cl)n2c(sc(=Cc3ccc(-c4ccc(C(=O)O)cc4)o3)c2=O)=N1. The molecule has 8 nitrogen and oxygen atoms in total. The van der Waals surface area contributed by atoms with E-state index >= 15 is 0 Å². The van der Waals surface area contributed by atoms with Crippen LogP contribution < -0.4 is 14.9 Å². The van der Waals surface area contributed by atoms with Gasteiger partial charge in [-0.3, -0.25) is 9.36 Å². The van der Waals surface area contributed by atoms with Gasteiger partial charge in [0.15, 0.2) is 4.80 Å². The number of hydrogen-bond acceptors (Lipinski definition) is 7. The van der Waals surface area contributed by atoms with Crippen LogP contribution in [-0.4, -0.2) is 27.7 Å². The lowest BCUT2D eigenvalue weighted by Crippen LogP contribution is -2.40. The van der Waals surface area contributed by atoms with Crippen molar-refractivity contribution in [2.75, 3.05) is 0 Å². The van der Waals surface area contributed by atoms with Crippen LogP contribution in [0.3, 0.4) is 0 Å². The smallest absolute Gasteiger partial charge is 0.338 e. The van der Waals surface area contributed by atoms with Crippen LogP contribution in [0.1, 0.15) is 48.5 Å². The van der Waals surface area contributed by atoms with Gasteiger partial charge in [0.2, 0.25) is 0 Å². The van der Waals surface area contributed by atoms with Crippen LogP contribution in [0.5, 0.6) is 0 Å². The van der Waals surface area contributed by atoms with E-state index in [0.717, 1.165) is 0 Å². The average molecular weight is 563 g/mol. The van der Waals surface area contributed by atoms with E-state index in [1.165, 1.54) is 28.0 Å². The molecule has 4 aromatic rings. The molecule has 1 atom stereocenters. The zero-order chi connectivity index (χ0) is 27.8. The predicted molar refractivity (Wildman–Crippen MR) is 148 cm³/mol. The van der Waals surface area contributed by atoms with Gasteiger partial charge in [-0.15, -0.1) is 0 Å². The van der Waals surface area contributed by atoms with Gasteiger partial charge in [-0.2, -0.15) is 0 Å². The molecule has 0 aliphatic carbocycles.